The highest BCUT2D eigenvalue weighted by molar-refractivity contribution is 5.77. The summed E-state index contributed by atoms with van der Waals surface area (Å²) in [5.41, 5.74) is 4.39. The minimum absolute atomic E-state index is 0.520. The lowest BCUT2D eigenvalue weighted by Crippen LogP contribution is -2.07. The molecule has 1 atom stereocenters. The summed E-state index contributed by atoms with van der Waals surface area (Å²) in [6.45, 7) is 3.62. The fourth-order valence-electron chi connectivity index (χ4n) is 2.18. The van der Waals surface area contributed by atoms with Gasteiger partial charge in [0.1, 0.15) is 0 Å². The number of hydrogen-bond acceptors (Lipinski definition) is 2. The first-order valence-electron chi connectivity index (χ1n) is 6.37. The molecule has 0 aliphatic rings. The van der Waals surface area contributed by atoms with Crippen molar-refractivity contribution in [1.82, 2.24) is 0 Å². The number of carbonyl (C=O) groups is 1. The number of carboxylic acids is 1. The van der Waals surface area contributed by atoms with E-state index in [0.29, 0.717) is 5.56 Å². The Labute approximate surface area is 118 Å². The van der Waals surface area contributed by atoms with Gasteiger partial charge in [-0.05, 0) is 48.2 Å². The third kappa shape index (κ3) is 2.70. The maximum Gasteiger partial charge on any atom is 0.310 e. The van der Waals surface area contributed by atoms with Crippen LogP contribution in [0.5, 0.6) is 0 Å². The monoisotopic (exact) mass is 265 g/mol. The van der Waals surface area contributed by atoms with Crippen LogP contribution in [0.2, 0.25) is 0 Å². The Morgan fingerprint density at radius 1 is 1.25 bits per heavy atom. The average Bonchev–Trinajstić information content (AvgIpc) is 2.46. The molecule has 1 unspecified atom stereocenters. The number of carboxylic acid groups (broad SMARTS) is 1. The van der Waals surface area contributed by atoms with Crippen LogP contribution in [0.4, 0.5) is 0 Å². The second-order valence-corrected chi connectivity index (χ2v) is 4.83. The summed E-state index contributed by atoms with van der Waals surface area (Å²) in [5.74, 6) is -1.35. The van der Waals surface area contributed by atoms with Crippen molar-refractivity contribution in [1.29, 1.82) is 5.26 Å². The molecule has 0 spiro atoms. The third-order valence-corrected chi connectivity index (χ3v) is 3.42. The summed E-state index contributed by atoms with van der Waals surface area (Å²) in [5, 5.41) is 18.0. The van der Waals surface area contributed by atoms with E-state index in [2.05, 4.69) is 6.07 Å². The van der Waals surface area contributed by atoms with E-state index in [4.69, 9.17) is 10.4 Å². The van der Waals surface area contributed by atoms with E-state index in [0.717, 1.165) is 22.3 Å². The van der Waals surface area contributed by atoms with Crippen molar-refractivity contribution < 1.29 is 9.90 Å². The molecule has 2 aromatic carbocycles. The minimum Gasteiger partial charge on any atom is -0.481 e. The molecule has 0 radical (unpaired) electrons. The van der Waals surface area contributed by atoms with Gasteiger partial charge in [-0.2, -0.15) is 5.26 Å². The van der Waals surface area contributed by atoms with E-state index in [1.807, 2.05) is 43.3 Å². The van der Waals surface area contributed by atoms with Crippen molar-refractivity contribution in [2.45, 2.75) is 19.8 Å². The van der Waals surface area contributed by atoms with Gasteiger partial charge in [-0.3, -0.25) is 4.79 Å². The lowest BCUT2D eigenvalue weighted by molar-refractivity contribution is -0.138. The van der Waals surface area contributed by atoms with E-state index in [-0.39, 0.29) is 0 Å². The lowest BCUT2D eigenvalue weighted by atomic mass is 9.93. The third-order valence-electron chi connectivity index (χ3n) is 3.42. The van der Waals surface area contributed by atoms with Gasteiger partial charge in [0.2, 0.25) is 0 Å². The van der Waals surface area contributed by atoms with Crippen LogP contribution in [0, 0.1) is 18.3 Å². The first-order chi connectivity index (χ1) is 9.52. The lowest BCUT2D eigenvalue weighted by Gasteiger charge is -2.11. The zero-order valence-corrected chi connectivity index (χ0v) is 11.4. The van der Waals surface area contributed by atoms with Gasteiger partial charge in [-0.1, -0.05) is 30.3 Å². The molecule has 0 amide bonds. The van der Waals surface area contributed by atoms with Gasteiger partial charge in [0.15, 0.2) is 0 Å². The molecule has 2 aromatic rings. The number of nitriles is 1. The Morgan fingerprint density at radius 3 is 2.60 bits per heavy atom. The Hall–Kier alpha value is -2.60. The highest BCUT2D eigenvalue weighted by Gasteiger charge is 2.14. The van der Waals surface area contributed by atoms with Crippen LogP contribution in [-0.4, -0.2) is 11.1 Å². The summed E-state index contributed by atoms with van der Waals surface area (Å²) < 4.78 is 0. The fourth-order valence-corrected chi connectivity index (χ4v) is 2.18. The quantitative estimate of drug-likeness (QED) is 0.920. The Bertz CT molecular complexity index is 698. The van der Waals surface area contributed by atoms with Crippen LogP contribution in [0.15, 0.2) is 42.5 Å². The first-order valence-corrected chi connectivity index (χ1v) is 6.37. The standard InChI is InChI=1S/C17H15NO2/c1-11-8-14(12(2)17(19)20)6-7-16(11)15-5-3-4-13(9-15)10-18/h3-9,12H,1-2H3,(H,19,20). The van der Waals surface area contributed by atoms with Gasteiger partial charge in [0.05, 0.1) is 17.6 Å². The van der Waals surface area contributed by atoms with Crippen molar-refractivity contribution >= 4 is 5.97 Å². The van der Waals surface area contributed by atoms with Gasteiger partial charge in [-0.15, -0.1) is 0 Å². The predicted molar refractivity (Wildman–Crippen MR) is 77.4 cm³/mol. The number of nitrogens with zero attached hydrogens (tertiary/aromatic N) is 1. The zero-order valence-electron chi connectivity index (χ0n) is 11.4. The number of rotatable bonds is 3. The smallest absolute Gasteiger partial charge is 0.310 e. The molecule has 1 N–H and O–H groups in total. The molecule has 0 aliphatic carbocycles. The molecule has 100 valence electrons. The Balaban J connectivity index is 2.44. The second-order valence-electron chi connectivity index (χ2n) is 4.83. The van der Waals surface area contributed by atoms with Crippen LogP contribution >= 0.6 is 0 Å². The second kappa shape index (κ2) is 5.58. The van der Waals surface area contributed by atoms with Crippen molar-refractivity contribution in [3.8, 4) is 17.2 Å². The van der Waals surface area contributed by atoms with Crippen molar-refractivity contribution in [2.75, 3.05) is 0 Å². The van der Waals surface area contributed by atoms with Crippen LogP contribution in [0.3, 0.4) is 0 Å². The van der Waals surface area contributed by atoms with E-state index >= 15 is 0 Å². The average molecular weight is 265 g/mol. The van der Waals surface area contributed by atoms with E-state index in [1.54, 1.807) is 13.0 Å². The molecule has 0 aromatic heterocycles. The van der Waals surface area contributed by atoms with Gasteiger partial charge >= 0.3 is 5.97 Å². The molecule has 3 heteroatoms. The number of benzene rings is 2. The van der Waals surface area contributed by atoms with Gasteiger partial charge in [0, 0.05) is 0 Å². The molecule has 0 saturated carbocycles. The molecular weight excluding hydrogens is 250 g/mol. The predicted octanol–water partition coefficient (Wildman–Crippen LogP) is 3.72. The number of hydrogen-bond donors (Lipinski definition) is 1. The molecule has 0 bridgehead atoms. The summed E-state index contributed by atoms with van der Waals surface area (Å²) in [6.07, 6.45) is 0. The Kier molecular flexibility index (Phi) is 3.86. The zero-order chi connectivity index (χ0) is 14.7. The maximum atomic E-state index is 11.0. The van der Waals surface area contributed by atoms with Crippen LogP contribution in [-0.2, 0) is 4.79 Å². The first kappa shape index (κ1) is 13.8. The molecule has 20 heavy (non-hydrogen) atoms. The van der Waals surface area contributed by atoms with E-state index in [9.17, 15) is 4.79 Å². The van der Waals surface area contributed by atoms with E-state index in [1.165, 1.54) is 0 Å². The van der Waals surface area contributed by atoms with Gasteiger partial charge in [0.25, 0.3) is 0 Å². The van der Waals surface area contributed by atoms with Gasteiger partial charge in [-0.25, -0.2) is 0 Å². The molecule has 0 fully saturated rings. The molecular formula is C17H15NO2. The summed E-state index contributed by atoms with van der Waals surface area (Å²) in [7, 11) is 0. The van der Waals surface area contributed by atoms with Gasteiger partial charge < -0.3 is 5.11 Å². The summed E-state index contributed by atoms with van der Waals surface area (Å²) in [6, 6.07) is 15.2. The van der Waals surface area contributed by atoms with E-state index < -0.39 is 11.9 Å². The minimum atomic E-state index is -0.830. The normalized spacial score (nSPS) is 11.7. The highest BCUT2D eigenvalue weighted by Crippen LogP contribution is 2.27. The van der Waals surface area contributed by atoms with Crippen molar-refractivity contribution in [2.24, 2.45) is 0 Å². The highest BCUT2D eigenvalue weighted by atomic mass is 16.4. The number of aliphatic carboxylic acids is 1. The number of aryl methyl sites for hydroxylation is 1. The largest absolute Gasteiger partial charge is 0.481 e. The van der Waals surface area contributed by atoms with Crippen LogP contribution in [0.1, 0.15) is 29.5 Å². The van der Waals surface area contributed by atoms with Crippen LogP contribution < -0.4 is 0 Å². The Morgan fingerprint density at radius 2 is 2.00 bits per heavy atom. The molecule has 0 heterocycles. The maximum absolute atomic E-state index is 11.0. The fraction of sp³-hybridized carbons (Fsp3) is 0.176. The van der Waals surface area contributed by atoms with Crippen molar-refractivity contribution in [3.63, 3.8) is 0 Å². The molecule has 2 rings (SSSR count). The topological polar surface area (TPSA) is 61.1 Å². The molecule has 0 saturated heterocycles. The van der Waals surface area contributed by atoms with Crippen molar-refractivity contribution in [3.05, 3.63) is 59.2 Å². The molecule has 0 aliphatic heterocycles. The SMILES string of the molecule is Cc1cc(C(C)C(=O)O)ccc1-c1cccc(C#N)c1. The molecule has 3 nitrogen and oxygen atoms in total. The summed E-state index contributed by atoms with van der Waals surface area (Å²) in [4.78, 5) is 11.0. The summed E-state index contributed by atoms with van der Waals surface area (Å²) >= 11 is 0. The van der Waals surface area contributed by atoms with Crippen LogP contribution in [0.25, 0.3) is 11.1 Å².